The van der Waals surface area contributed by atoms with Gasteiger partial charge in [-0.1, -0.05) is 72.4 Å². The Bertz CT molecular complexity index is 595. The van der Waals surface area contributed by atoms with E-state index in [4.69, 9.17) is 46.4 Å². The van der Waals surface area contributed by atoms with Crippen LogP contribution >= 0.6 is 71.2 Å². The molecule has 146 valence electrons. The monoisotopic (exact) mass is 476 g/mol. The Morgan fingerprint density at radius 3 is 1.15 bits per heavy atom. The van der Waals surface area contributed by atoms with Crippen LogP contribution in [0.15, 0.2) is 36.4 Å². The number of hydrogen-bond donors (Lipinski definition) is 2. The van der Waals surface area contributed by atoms with E-state index in [2.05, 4.69) is 10.6 Å². The Morgan fingerprint density at radius 2 is 0.923 bits per heavy atom. The fourth-order valence-electron chi connectivity index (χ4n) is 2.83. The molecular weight excluding hydrogens is 457 g/mol. The average Bonchev–Trinajstić information content (AvgIpc) is 2.53. The number of rotatable bonds is 7. The molecule has 0 aliphatic rings. The Balaban J connectivity index is 0.00000312. The van der Waals surface area contributed by atoms with E-state index in [0.717, 1.165) is 24.2 Å². The number of nitrogens with one attached hydrogen (secondary N) is 2. The van der Waals surface area contributed by atoms with Gasteiger partial charge in [0, 0.05) is 31.2 Å². The highest BCUT2D eigenvalue weighted by molar-refractivity contribution is 6.37. The third-order valence-electron chi connectivity index (χ3n) is 3.80. The highest BCUT2D eigenvalue weighted by atomic mass is 35.5. The van der Waals surface area contributed by atoms with Crippen molar-refractivity contribution in [2.45, 2.75) is 25.9 Å². The maximum atomic E-state index is 6.45. The quantitative estimate of drug-likeness (QED) is 0.441. The highest BCUT2D eigenvalue weighted by Crippen LogP contribution is 2.41. The summed E-state index contributed by atoms with van der Waals surface area (Å²) in [7, 11) is 0. The molecule has 0 radical (unpaired) electrons. The van der Waals surface area contributed by atoms with Gasteiger partial charge in [-0.05, 0) is 37.4 Å². The van der Waals surface area contributed by atoms with Gasteiger partial charge in [-0.2, -0.15) is 0 Å². The SMILES string of the molecule is CCNC(c1c(Cl)cccc1Cl)C(NCC)c1c(Cl)cccc1Cl.Cl.Cl. The topological polar surface area (TPSA) is 24.1 Å². The summed E-state index contributed by atoms with van der Waals surface area (Å²) < 4.78 is 0. The summed E-state index contributed by atoms with van der Waals surface area (Å²) in [4.78, 5) is 0. The van der Waals surface area contributed by atoms with E-state index in [1.807, 2.05) is 50.2 Å². The van der Waals surface area contributed by atoms with E-state index in [1.54, 1.807) is 0 Å². The Kier molecular flexibility index (Phi) is 12.6. The molecule has 2 atom stereocenters. The van der Waals surface area contributed by atoms with Gasteiger partial charge in [0.25, 0.3) is 0 Å². The summed E-state index contributed by atoms with van der Waals surface area (Å²) in [6, 6.07) is 10.7. The van der Waals surface area contributed by atoms with Crippen LogP contribution in [-0.2, 0) is 0 Å². The largest absolute Gasteiger partial charge is 0.309 e. The third kappa shape index (κ3) is 6.05. The van der Waals surface area contributed by atoms with Crippen molar-refractivity contribution in [1.82, 2.24) is 10.6 Å². The lowest BCUT2D eigenvalue weighted by Gasteiger charge is -2.31. The predicted molar refractivity (Wildman–Crippen MR) is 120 cm³/mol. The van der Waals surface area contributed by atoms with E-state index >= 15 is 0 Å². The first-order chi connectivity index (χ1) is 11.5. The number of likely N-dealkylation sites (N-methyl/N-ethyl adjacent to an activating group) is 2. The van der Waals surface area contributed by atoms with Crippen LogP contribution in [0.5, 0.6) is 0 Å². The summed E-state index contributed by atoms with van der Waals surface area (Å²) in [6.07, 6.45) is 0. The third-order valence-corrected chi connectivity index (χ3v) is 5.12. The smallest absolute Gasteiger partial charge is 0.0549 e. The second-order valence-corrected chi connectivity index (χ2v) is 6.97. The van der Waals surface area contributed by atoms with Gasteiger partial charge >= 0.3 is 0 Å². The molecule has 0 fully saturated rings. The van der Waals surface area contributed by atoms with Crippen LogP contribution in [0.4, 0.5) is 0 Å². The van der Waals surface area contributed by atoms with Gasteiger partial charge < -0.3 is 10.6 Å². The second-order valence-electron chi connectivity index (χ2n) is 5.34. The van der Waals surface area contributed by atoms with Crippen LogP contribution < -0.4 is 10.6 Å². The highest BCUT2D eigenvalue weighted by Gasteiger charge is 2.30. The molecule has 0 spiro atoms. The molecule has 0 bridgehead atoms. The van der Waals surface area contributed by atoms with E-state index in [0.29, 0.717) is 20.1 Å². The van der Waals surface area contributed by atoms with E-state index in [1.165, 1.54) is 0 Å². The van der Waals surface area contributed by atoms with Crippen molar-refractivity contribution in [3.63, 3.8) is 0 Å². The Morgan fingerprint density at radius 1 is 0.654 bits per heavy atom. The van der Waals surface area contributed by atoms with Gasteiger partial charge in [0.1, 0.15) is 0 Å². The molecule has 0 saturated carbocycles. The minimum Gasteiger partial charge on any atom is -0.309 e. The zero-order valence-corrected chi connectivity index (χ0v) is 19.0. The maximum absolute atomic E-state index is 6.45. The van der Waals surface area contributed by atoms with Gasteiger partial charge in [0.2, 0.25) is 0 Å². The lowest BCUT2D eigenvalue weighted by molar-refractivity contribution is 0.398. The first-order valence-corrected chi connectivity index (χ1v) is 9.37. The first kappa shape index (κ1) is 26.1. The molecule has 0 aliphatic carbocycles. The second kappa shape index (κ2) is 12.5. The van der Waals surface area contributed by atoms with Crippen molar-refractivity contribution < 1.29 is 0 Å². The fraction of sp³-hybridized carbons (Fsp3) is 0.333. The zero-order valence-electron chi connectivity index (χ0n) is 14.4. The normalized spacial score (nSPS) is 12.7. The summed E-state index contributed by atoms with van der Waals surface area (Å²) >= 11 is 25.8. The maximum Gasteiger partial charge on any atom is 0.0549 e. The first-order valence-electron chi connectivity index (χ1n) is 7.85. The standard InChI is InChI=1S/C18H20Cl4N2.2ClH/c1-3-23-17(15-11(19)7-5-8-12(15)20)18(24-4-2)16-13(21)9-6-10-14(16)22;;/h5-10,17-18,23-24H,3-4H2,1-2H3;2*1H. The molecule has 2 aromatic rings. The predicted octanol–water partition coefficient (Wildman–Crippen LogP) is 7.15. The molecule has 0 aromatic heterocycles. The number of halogens is 6. The summed E-state index contributed by atoms with van der Waals surface area (Å²) in [5.74, 6) is 0. The Labute approximate surface area is 187 Å². The van der Waals surface area contributed by atoms with E-state index in [-0.39, 0.29) is 36.9 Å². The van der Waals surface area contributed by atoms with Crippen LogP contribution in [0.25, 0.3) is 0 Å². The molecule has 0 amide bonds. The minimum absolute atomic E-state index is 0. The fourth-order valence-corrected chi connectivity index (χ4v) is 4.09. The summed E-state index contributed by atoms with van der Waals surface area (Å²) in [5.41, 5.74) is 1.68. The molecule has 8 heteroatoms. The summed E-state index contributed by atoms with van der Waals surface area (Å²) in [5, 5.41) is 9.38. The van der Waals surface area contributed by atoms with Crippen LogP contribution in [0, 0.1) is 0 Å². The van der Waals surface area contributed by atoms with Gasteiger partial charge in [-0.15, -0.1) is 24.8 Å². The molecule has 0 aliphatic heterocycles. The lowest BCUT2D eigenvalue weighted by Crippen LogP contribution is -2.36. The Hall–Kier alpha value is 0.1000. The van der Waals surface area contributed by atoms with Crippen LogP contribution in [0.1, 0.15) is 37.1 Å². The number of hydrogen-bond acceptors (Lipinski definition) is 2. The van der Waals surface area contributed by atoms with Gasteiger partial charge in [-0.3, -0.25) is 0 Å². The molecule has 2 unspecified atom stereocenters. The molecule has 0 heterocycles. The molecule has 2 aromatic carbocycles. The van der Waals surface area contributed by atoms with Crippen molar-refractivity contribution in [1.29, 1.82) is 0 Å². The van der Waals surface area contributed by atoms with Crippen molar-refractivity contribution in [3.8, 4) is 0 Å². The summed E-state index contributed by atoms with van der Waals surface area (Å²) in [6.45, 7) is 5.57. The number of benzene rings is 2. The van der Waals surface area contributed by atoms with Crippen molar-refractivity contribution >= 4 is 71.2 Å². The van der Waals surface area contributed by atoms with Crippen molar-refractivity contribution in [3.05, 3.63) is 67.6 Å². The van der Waals surface area contributed by atoms with Crippen molar-refractivity contribution in [2.24, 2.45) is 0 Å². The van der Waals surface area contributed by atoms with Gasteiger partial charge in [-0.25, -0.2) is 0 Å². The van der Waals surface area contributed by atoms with Crippen LogP contribution in [0.2, 0.25) is 20.1 Å². The minimum atomic E-state index is -0.173. The molecule has 2 nitrogen and oxygen atoms in total. The lowest BCUT2D eigenvalue weighted by atomic mass is 9.92. The van der Waals surface area contributed by atoms with Crippen LogP contribution in [0.3, 0.4) is 0 Å². The van der Waals surface area contributed by atoms with Crippen LogP contribution in [-0.4, -0.2) is 13.1 Å². The average molecular weight is 479 g/mol. The molecule has 2 N–H and O–H groups in total. The van der Waals surface area contributed by atoms with Crippen molar-refractivity contribution in [2.75, 3.05) is 13.1 Å². The zero-order chi connectivity index (χ0) is 17.7. The molecule has 26 heavy (non-hydrogen) atoms. The van der Waals surface area contributed by atoms with E-state index < -0.39 is 0 Å². The molecule has 0 saturated heterocycles. The van der Waals surface area contributed by atoms with Gasteiger partial charge in [0.15, 0.2) is 0 Å². The molecular formula is C18H22Cl6N2. The van der Waals surface area contributed by atoms with E-state index in [9.17, 15) is 0 Å². The molecule has 2 rings (SSSR count). The van der Waals surface area contributed by atoms with Gasteiger partial charge in [0.05, 0.1) is 12.1 Å².